The van der Waals surface area contributed by atoms with E-state index in [0.29, 0.717) is 30.5 Å². The lowest BCUT2D eigenvalue weighted by atomic mass is 10.00. The molecule has 3 atom stereocenters. The Bertz CT molecular complexity index is 852. The van der Waals surface area contributed by atoms with Crippen molar-refractivity contribution in [1.29, 1.82) is 5.26 Å². The molecule has 3 N–H and O–H groups in total. The van der Waals surface area contributed by atoms with E-state index in [-0.39, 0.29) is 18.1 Å². The monoisotopic (exact) mass is 368 g/mol. The second-order valence-corrected chi connectivity index (χ2v) is 7.70. The van der Waals surface area contributed by atoms with E-state index in [1.54, 1.807) is 6.20 Å². The van der Waals surface area contributed by atoms with E-state index in [2.05, 4.69) is 47.4 Å². The van der Waals surface area contributed by atoms with Crippen LogP contribution in [0.3, 0.4) is 0 Å². The van der Waals surface area contributed by atoms with Gasteiger partial charge in [-0.15, -0.1) is 0 Å². The molecule has 0 bridgehead atoms. The van der Waals surface area contributed by atoms with Crippen LogP contribution >= 0.6 is 0 Å². The van der Waals surface area contributed by atoms with Crippen LogP contribution in [0.5, 0.6) is 0 Å². The number of nitriles is 1. The number of hydrogen-bond acceptors (Lipinski definition) is 4. The molecule has 1 aliphatic rings. The number of pyridine rings is 1. The topological polar surface area (TPSA) is 96.8 Å². The highest BCUT2D eigenvalue weighted by Crippen LogP contribution is 2.30. The van der Waals surface area contributed by atoms with Crippen molar-refractivity contribution in [2.45, 2.75) is 46.2 Å². The van der Waals surface area contributed by atoms with Gasteiger partial charge in [0.25, 0.3) is 0 Å². The van der Waals surface area contributed by atoms with Gasteiger partial charge < -0.3 is 20.5 Å². The minimum absolute atomic E-state index is 0.0130. The normalized spacial score (nSPS) is 20.7. The third kappa shape index (κ3) is 3.85. The van der Waals surface area contributed by atoms with Crippen molar-refractivity contribution in [3.63, 3.8) is 0 Å². The molecule has 2 aromatic rings. The van der Waals surface area contributed by atoms with Gasteiger partial charge in [-0.2, -0.15) is 5.26 Å². The Morgan fingerprint density at radius 1 is 1.44 bits per heavy atom. The Hall–Kier alpha value is -2.75. The molecule has 0 saturated carbocycles. The molecule has 3 heterocycles. The van der Waals surface area contributed by atoms with Crippen LogP contribution < -0.4 is 10.6 Å². The Morgan fingerprint density at radius 2 is 2.22 bits per heavy atom. The molecule has 0 aliphatic carbocycles. The minimum Gasteiger partial charge on any atom is -0.378 e. The molecule has 3 rings (SSSR count). The quantitative estimate of drug-likeness (QED) is 0.754. The minimum atomic E-state index is -0.0130. The van der Waals surface area contributed by atoms with Gasteiger partial charge in [0.1, 0.15) is 11.7 Å². The molecule has 0 radical (unpaired) electrons. The number of anilines is 1. The third-order valence-corrected chi connectivity index (χ3v) is 5.64. The highest BCUT2D eigenvalue weighted by atomic mass is 16.2. The van der Waals surface area contributed by atoms with E-state index in [1.807, 2.05) is 24.1 Å². The molecule has 0 spiro atoms. The molecule has 2 aromatic heterocycles. The molecule has 1 fully saturated rings. The smallest absolute Gasteiger partial charge is 0.317 e. The maximum Gasteiger partial charge on any atom is 0.317 e. The van der Waals surface area contributed by atoms with Gasteiger partial charge in [0.2, 0.25) is 0 Å². The van der Waals surface area contributed by atoms with E-state index in [4.69, 9.17) is 0 Å². The van der Waals surface area contributed by atoms with Crippen LogP contribution in [-0.2, 0) is 0 Å². The lowest BCUT2D eigenvalue weighted by Gasteiger charge is -2.23. The van der Waals surface area contributed by atoms with Gasteiger partial charge in [-0.25, -0.2) is 9.78 Å². The fraction of sp³-hybridized carbons (Fsp3) is 0.550. The van der Waals surface area contributed by atoms with Gasteiger partial charge in [0, 0.05) is 43.0 Å². The zero-order valence-electron chi connectivity index (χ0n) is 16.4. The standard InChI is InChI=1S/C20H28N6O/c1-5-14-10-26(20(27)24-13(4)12(2)3)11-17(14)25-18-15(8-21)9-23-19-16(18)6-7-22-19/h6-7,9,12-14,17H,5,10-11H2,1-4H3,(H,24,27)(H2,22,23,25)/t13?,14-,17+/m1/s1. The van der Waals surface area contributed by atoms with E-state index in [9.17, 15) is 10.1 Å². The van der Waals surface area contributed by atoms with Crippen LogP contribution in [0.15, 0.2) is 18.5 Å². The summed E-state index contributed by atoms with van der Waals surface area (Å²) in [5.74, 6) is 0.725. The number of carbonyl (C=O) groups excluding carboxylic acids is 1. The first kappa shape index (κ1) is 19.0. The molecule has 27 heavy (non-hydrogen) atoms. The Kier molecular flexibility index (Phi) is 5.54. The first-order valence-corrected chi connectivity index (χ1v) is 9.62. The van der Waals surface area contributed by atoms with Gasteiger partial charge in [-0.1, -0.05) is 20.8 Å². The fourth-order valence-electron chi connectivity index (χ4n) is 3.50. The highest BCUT2D eigenvalue weighted by molar-refractivity contribution is 5.92. The third-order valence-electron chi connectivity index (χ3n) is 5.64. The van der Waals surface area contributed by atoms with Gasteiger partial charge >= 0.3 is 6.03 Å². The SMILES string of the molecule is CC[C@@H]1CN(C(=O)NC(C)C(C)C)C[C@@H]1Nc1c(C#N)cnc2[nH]ccc12. The summed E-state index contributed by atoms with van der Waals surface area (Å²) in [6.07, 6.45) is 4.37. The number of aromatic nitrogens is 2. The molecule has 1 aliphatic heterocycles. The summed E-state index contributed by atoms with van der Waals surface area (Å²) in [6, 6.07) is 4.37. The number of hydrogen-bond donors (Lipinski definition) is 3. The molecule has 0 aromatic carbocycles. The zero-order chi connectivity index (χ0) is 19.6. The van der Waals surface area contributed by atoms with Gasteiger partial charge in [-0.3, -0.25) is 0 Å². The number of H-pyrrole nitrogens is 1. The van der Waals surface area contributed by atoms with Crippen LogP contribution in [0.1, 0.15) is 39.7 Å². The molecule has 144 valence electrons. The summed E-state index contributed by atoms with van der Waals surface area (Å²) in [4.78, 5) is 21.9. The lowest BCUT2D eigenvalue weighted by Crippen LogP contribution is -2.45. The van der Waals surface area contributed by atoms with Crippen molar-refractivity contribution in [2.24, 2.45) is 11.8 Å². The van der Waals surface area contributed by atoms with Gasteiger partial charge in [-0.05, 0) is 31.2 Å². The maximum atomic E-state index is 12.6. The molecular weight excluding hydrogens is 340 g/mol. The van der Waals surface area contributed by atoms with Crippen LogP contribution in [0.4, 0.5) is 10.5 Å². The van der Waals surface area contributed by atoms with Crippen LogP contribution in [0, 0.1) is 23.2 Å². The van der Waals surface area contributed by atoms with E-state index < -0.39 is 0 Å². The first-order valence-electron chi connectivity index (χ1n) is 9.62. The number of nitrogens with zero attached hydrogens (tertiary/aromatic N) is 3. The fourth-order valence-corrected chi connectivity index (χ4v) is 3.50. The molecule has 7 heteroatoms. The summed E-state index contributed by atoms with van der Waals surface area (Å²) < 4.78 is 0. The highest BCUT2D eigenvalue weighted by Gasteiger charge is 2.35. The van der Waals surface area contributed by atoms with E-state index in [0.717, 1.165) is 23.1 Å². The van der Waals surface area contributed by atoms with Gasteiger partial charge in [0.15, 0.2) is 0 Å². The van der Waals surface area contributed by atoms with Crippen molar-refractivity contribution < 1.29 is 4.79 Å². The molecular formula is C20H28N6O. The molecule has 2 amide bonds. The molecule has 7 nitrogen and oxygen atoms in total. The van der Waals surface area contributed by atoms with Crippen molar-refractivity contribution >= 4 is 22.8 Å². The van der Waals surface area contributed by atoms with Crippen molar-refractivity contribution in [3.05, 3.63) is 24.0 Å². The summed E-state index contributed by atoms with van der Waals surface area (Å²) >= 11 is 0. The lowest BCUT2D eigenvalue weighted by molar-refractivity contribution is 0.200. The Labute approximate surface area is 160 Å². The second kappa shape index (κ2) is 7.87. The van der Waals surface area contributed by atoms with Crippen LogP contribution in [0.25, 0.3) is 11.0 Å². The summed E-state index contributed by atoms with van der Waals surface area (Å²) in [5, 5.41) is 17.0. The van der Waals surface area contributed by atoms with Crippen LogP contribution in [-0.4, -0.2) is 46.1 Å². The Morgan fingerprint density at radius 3 is 2.89 bits per heavy atom. The number of rotatable bonds is 5. The number of urea groups is 1. The average Bonchev–Trinajstić information content (AvgIpc) is 3.28. The maximum absolute atomic E-state index is 12.6. The zero-order valence-corrected chi connectivity index (χ0v) is 16.4. The van der Waals surface area contributed by atoms with Crippen molar-refractivity contribution in [3.8, 4) is 6.07 Å². The van der Waals surface area contributed by atoms with Crippen molar-refractivity contribution in [1.82, 2.24) is 20.2 Å². The predicted molar refractivity (Wildman–Crippen MR) is 106 cm³/mol. The molecule has 1 saturated heterocycles. The predicted octanol–water partition coefficient (Wildman–Crippen LogP) is 3.31. The Balaban J connectivity index is 1.78. The summed E-state index contributed by atoms with van der Waals surface area (Å²) in [5.41, 5.74) is 2.07. The largest absolute Gasteiger partial charge is 0.378 e. The molecule has 1 unspecified atom stereocenters. The van der Waals surface area contributed by atoms with E-state index >= 15 is 0 Å². The average molecular weight is 368 g/mol. The number of nitrogens with one attached hydrogen (secondary N) is 3. The van der Waals surface area contributed by atoms with E-state index in [1.165, 1.54) is 0 Å². The number of carbonyl (C=O) groups is 1. The summed E-state index contributed by atoms with van der Waals surface area (Å²) in [7, 11) is 0. The van der Waals surface area contributed by atoms with Gasteiger partial charge in [0.05, 0.1) is 11.3 Å². The second-order valence-electron chi connectivity index (χ2n) is 7.70. The number of fused-ring (bicyclic) bond motifs is 1. The van der Waals surface area contributed by atoms with Crippen molar-refractivity contribution in [2.75, 3.05) is 18.4 Å². The van der Waals surface area contributed by atoms with Crippen LogP contribution in [0.2, 0.25) is 0 Å². The number of likely N-dealkylation sites (tertiary alicyclic amines) is 1. The number of amides is 2. The first-order chi connectivity index (χ1) is 12.9. The summed E-state index contributed by atoms with van der Waals surface area (Å²) in [6.45, 7) is 9.71. The number of aromatic amines is 1.